The van der Waals surface area contributed by atoms with Gasteiger partial charge in [-0.2, -0.15) is 17.6 Å². The molecule has 0 fully saturated rings. The molecular weight excluding hydrogens is 355 g/mol. The molecular formula is C8H5BrCl2F4S. The van der Waals surface area contributed by atoms with Gasteiger partial charge in [-0.3, -0.25) is 0 Å². The molecule has 0 saturated heterocycles. The van der Waals surface area contributed by atoms with Crippen LogP contribution in [0.3, 0.4) is 0 Å². The first-order valence-corrected chi connectivity index (χ1v) is 7.90. The van der Waals surface area contributed by atoms with Gasteiger partial charge in [0, 0.05) is 13.4 Å². The van der Waals surface area contributed by atoms with Crippen molar-refractivity contribution in [2.75, 3.05) is 0 Å². The first kappa shape index (κ1) is 14.4. The van der Waals surface area contributed by atoms with Crippen LogP contribution in [0.4, 0.5) is 17.6 Å². The fraction of sp³-hybridized carbons (Fsp3) is 0.250. The third-order valence-corrected chi connectivity index (χ3v) is 6.45. The van der Waals surface area contributed by atoms with Crippen molar-refractivity contribution >= 4 is 45.7 Å². The summed E-state index contributed by atoms with van der Waals surface area (Å²) in [7, 11) is 6.87. The average Bonchev–Trinajstić information content (AvgIpc) is 2.17. The molecule has 8 heteroatoms. The Kier molecular flexibility index (Phi) is 4.10. The molecule has 0 aliphatic rings. The average molecular weight is 360 g/mol. The van der Waals surface area contributed by atoms with Crippen LogP contribution >= 0.6 is 45.7 Å². The minimum Gasteiger partial charge on any atom is -0.186 e. The molecule has 0 saturated carbocycles. The van der Waals surface area contributed by atoms with Gasteiger partial charge in [0.05, 0.1) is 0 Å². The van der Waals surface area contributed by atoms with E-state index >= 15 is 0 Å². The lowest BCUT2D eigenvalue weighted by atomic mass is 10.4. The minimum absolute atomic E-state index is 0.220. The van der Waals surface area contributed by atoms with Crippen molar-refractivity contribution in [3.8, 4) is 0 Å². The largest absolute Gasteiger partial charge is 0.378 e. The molecule has 0 aliphatic carbocycles. The summed E-state index contributed by atoms with van der Waals surface area (Å²) in [5.74, 6) is 0. The number of alkyl halides is 5. The highest BCUT2D eigenvalue weighted by molar-refractivity contribution is 9.10. The molecule has 1 aromatic rings. The summed E-state index contributed by atoms with van der Waals surface area (Å²) >= 11 is 1.60. The van der Waals surface area contributed by atoms with E-state index in [-0.39, 0.29) is 4.90 Å². The molecule has 0 atom stereocenters. The number of rotatable bonds is 3. The first-order chi connectivity index (χ1) is 7.11. The summed E-state index contributed by atoms with van der Waals surface area (Å²) in [4.78, 5) is -4.68. The van der Waals surface area contributed by atoms with E-state index < -0.39 is 18.5 Å². The minimum atomic E-state index is -4.57. The van der Waals surface area contributed by atoms with E-state index in [0.717, 1.165) is 0 Å². The lowest BCUT2D eigenvalue weighted by Crippen LogP contribution is -2.36. The van der Waals surface area contributed by atoms with E-state index in [0.29, 0.717) is 0 Å². The van der Waals surface area contributed by atoms with E-state index in [1.54, 1.807) is 15.9 Å². The monoisotopic (exact) mass is 358 g/mol. The van der Waals surface area contributed by atoms with Crippen LogP contribution in [0.2, 0.25) is 0 Å². The molecule has 0 nitrogen and oxygen atoms in total. The van der Waals surface area contributed by atoms with Gasteiger partial charge in [-0.25, -0.2) is 0 Å². The van der Waals surface area contributed by atoms with Crippen LogP contribution < -0.4 is 0 Å². The van der Waals surface area contributed by atoms with Crippen molar-refractivity contribution in [2.45, 2.75) is 15.0 Å². The van der Waals surface area contributed by atoms with Gasteiger partial charge in [0.25, 0.3) is 0 Å². The molecule has 0 aromatic heterocycles. The molecule has 16 heavy (non-hydrogen) atoms. The zero-order valence-corrected chi connectivity index (χ0v) is 11.4. The Morgan fingerprint density at radius 1 is 1.00 bits per heavy atom. The summed E-state index contributed by atoms with van der Waals surface area (Å²) in [5.41, 5.74) is 0. The van der Waals surface area contributed by atoms with Gasteiger partial charge in [0.15, 0.2) is 0 Å². The quantitative estimate of drug-likeness (QED) is 0.477. The standard InChI is InChI=1S/C8H5BrCl2F4S/c9-7(12,13)8(14,15)16(10,11)6-4-2-1-3-5-6/h1-5H. The zero-order chi connectivity index (χ0) is 12.6. The molecule has 92 valence electrons. The van der Waals surface area contributed by atoms with Crippen molar-refractivity contribution in [3.63, 3.8) is 0 Å². The molecule has 0 unspecified atom stereocenters. The first-order valence-electron chi connectivity index (χ1n) is 3.82. The van der Waals surface area contributed by atoms with Crippen molar-refractivity contribution in [2.24, 2.45) is 0 Å². The van der Waals surface area contributed by atoms with Crippen LogP contribution in [-0.2, 0) is 0 Å². The Labute approximate surface area is 108 Å². The van der Waals surface area contributed by atoms with Gasteiger partial charge in [0.1, 0.15) is 0 Å². The summed E-state index contributed by atoms with van der Waals surface area (Å²) in [6.45, 7) is 0. The third-order valence-electron chi connectivity index (χ3n) is 1.69. The number of hydrogen-bond donors (Lipinski definition) is 0. The fourth-order valence-corrected chi connectivity index (χ4v) is 4.46. The lowest BCUT2D eigenvalue weighted by Gasteiger charge is -2.36. The van der Waals surface area contributed by atoms with Gasteiger partial charge >= 0.3 is 10.1 Å². The van der Waals surface area contributed by atoms with Crippen LogP contribution in [0.5, 0.6) is 0 Å². The molecule has 0 spiro atoms. The number of hydrogen-bond acceptors (Lipinski definition) is 0. The molecule has 0 N–H and O–H groups in total. The van der Waals surface area contributed by atoms with E-state index in [9.17, 15) is 17.6 Å². The molecule has 0 radical (unpaired) electrons. The van der Waals surface area contributed by atoms with E-state index in [1.807, 2.05) is 0 Å². The van der Waals surface area contributed by atoms with Crippen LogP contribution in [0, 0.1) is 0 Å². The van der Waals surface area contributed by atoms with Crippen LogP contribution in [0.1, 0.15) is 0 Å². The van der Waals surface area contributed by atoms with Gasteiger partial charge in [-0.1, -0.05) is 18.2 Å². The Hall–Kier alpha value is 0.350. The molecule has 0 aliphatic heterocycles. The Balaban J connectivity index is 3.22. The Bertz CT molecular complexity index is 366. The van der Waals surface area contributed by atoms with Gasteiger partial charge in [-0.15, -0.1) is 0 Å². The molecule has 0 heterocycles. The number of benzene rings is 1. The smallest absolute Gasteiger partial charge is 0.186 e. The maximum atomic E-state index is 13.4. The Morgan fingerprint density at radius 3 is 1.81 bits per heavy atom. The second-order valence-corrected chi connectivity index (χ2v) is 8.97. The highest BCUT2D eigenvalue weighted by Gasteiger charge is 2.65. The fourth-order valence-electron chi connectivity index (χ4n) is 0.885. The van der Waals surface area contributed by atoms with Crippen molar-refractivity contribution < 1.29 is 17.6 Å². The SMILES string of the molecule is FC(F)(Br)C(F)(F)S(Cl)(Cl)c1ccccc1. The van der Waals surface area contributed by atoms with Crippen molar-refractivity contribution in [1.82, 2.24) is 0 Å². The van der Waals surface area contributed by atoms with Crippen LogP contribution in [0.25, 0.3) is 0 Å². The van der Waals surface area contributed by atoms with Gasteiger partial charge in [-0.05, 0) is 49.4 Å². The molecule has 1 rings (SSSR count). The van der Waals surface area contributed by atoms with Gasteiger partial charge < -0.3 is 0 Å². The van der Waals surface area contributed by atoms with E-state index in [2.05, 4.69) is 0 Å². The van der Waals surface area contributed by atoms with Crippen LogP contribution in [0.15, 0.2) is 35.2 Å². The van der Waals surface area contributed by atoms with E-state index in [1.165, 1.54) is 30.3 Å². The summed E-state index contributed by atoms with van der Waals surface area (Å²) in [5, 5.41) is -4.57. The molecule has 0 bridgehead atoms. The molecule has 1 aromatic carbocycles. The van der Waals surface area contributed by atoms with Crippen LogP contribution in [-0.4, -0.2) is 10.1 Å². The van der Waals surface area contributed by atoms with Crippen molar-refractivity contribution in [3.05, 3.63) is 30.3 Å². The second-order valence-electron chi connectivity index (χ2n) is 2.80. The highest BCUT2D eigenvalue weighted by Crippen LogP contribution is 2.78. The predicted octanol–water partition coefficient (Wildman–Crippen LogP) is 5.74. The van der Waals surface area contributed by atoms with E-state index in [4.69, 9.17) is 21.4 Å². The zero-order valence-electron chi connectivity index (χ0n) is 7.44. The predicted molar refractivity (Wildman–Crippen MR) is 62.8 cm³/mol. The normalized spacial score (nSPS) is 14.9. The summed E-state index contributed by atoms with van der Waals surface area (Å²) in [6, 6.07) is 6.69. The summed E-state index contributed by atoms with van der Waals surface area (Å²) < 4.78 is 52.1. The molecule has 0 amide bonds. The Morgan fingerprint density at radius 2 is 1.44 bits per heavy atom. The third kappa shape index (κ3) is 2.44. The maximum absolute atomic E-state index is 13.4. The van der Waals surface area contributed by atoms with Crippen molar-refractivity contribution in [1.29, 1.82) is 0 Å². The number of halogens is 7. The second kappa shape index (κ2) is 4.55. The maximum Gasteiger partial charge on any atom is 0.378 e. The lowest BCUT2D eigenvalue weighted by molar-refractivity contribution is -0.0793. The topological polar surface area (TPSA) is 0 Å². The summed E-state index contributed by atoms with van der Waals surface area (Å²) in [6.07, 6.45) is 0. The highest BCUT2D eigenvalue weighted by atomic mass is 79.9. The van der Waals surface area contributed by atoms with Gasteiger partial charge in [0.2, 0.25) is 0 Å².